The van der Waals surface area contributed by atoms with Crippen LogP contribution in [0.25, 0.3) is 0 Å². The summed E-state index contributed by atoms with van der Waals surface area (Å²) in [5.74, 6) is -1.38. The Morgan fingerprint density at radius 1 is 1.12 bits per heavy atom. The molecular weight excluding hydrogens is 350 g/mol. The number of nitrogens with one attached hydrogen (secondary N) is 1. The van der Waals surface area contributed by atoms with Gasteiger partial charge in [0.05, 0.1) is 0 Å². The Morgan fingerprint density at radius 2 is 1.72 bits per heavy atom. The fourth-order valence-corrected chi connectivity index (χ4v) is 2.60. The highest BCUT2D eigenvalue weighted by atomic mass is 35.5. The van der Waals surface area contributed by atoms with Crippen molar-refractivity contribution < 1.29 is 18.8 Å². The summed E-state index contributed by atoms with van der Waals surface area (Å²) in [4.78, 5) is 13.0. The fraction of sp³-hybridized carbons (Fsp3) is 0.278. The predicted molar refractivity (Wildman–Crippen MR) is 91.2 cm³/mol. The molecule has 0 heterocycles. The van der Waals surface area contributed by atoms with Crippen molar-refractivity contribution in [1.29, 1.82) is 0 Å². The molecule has 0 radical (unpaired) electrons. The number of rotatable bonds is 7. The minimum atomic E-state index is -0.564. The summed E-state index contributed by atoms with van der Waals surface area (Å²) in [7, 11) is 0. The number of hydrogen-bond donors (Lipinski definition) is 2. The minimum absolute atomic E-state index is 0.000804. The van der Waals surface area contributed by atoms with Crippen LogP contribution in [0, 0.1) is 18.6 Å². The van der Waals surface area contributed by atoms with Gasteiger partial charge >= 0.3 is 0 Å². The van der Waals surface area contributed by atoms with Crippen LogP contribution >= 0.6 is 11.6 Å². The average Bonchev–Trinajstić information content (AvgIpc) is 2.57. The third-order valence-electron chi connectivity index (χ3n) is 3.79. The maximum absolute atomic E-state index is 14.1. The van der Waals surface area contributed by atoms with E-state index < -0.39 is 11.7 Å². The molecule has 2 N–H and O–H groups in total. The first-order valence-electron chi connectivity index (χ1n) is 7.73. The van der Waals surface area contributed by atoms with Gasteiger partial charge in [0.2, 0.25) is 5.91 Å². The molecule has 2 rings (SSSR count). The molecule has 1 amide bonds. The number of nitrogens with zero attached hydrogens (tertiary/aromatic N) is 1. The summed E-state index contributed by atoms with van der Waals surface area (Å²) in [6, 6.07) is 9.23. The van der Waals surface area contributed by atoms with E-state index in [-0.39, 0.29) is 36.9 Å². The lowest BCUT2D eigenvalue weighted by Crippen LogP contribution is -2.29. The number of benzene rings is 2. The molecule has 0 unspecified atom stereocenters. The Bertz CT molecular complexity index is 702. The van der Waals surface area contributed by atoms with Crippen molar-refractivity contribution in [2.45, 2.75) is 26.4 Å². The van der Waals surface area contributed by atoms with Crippen LogP contribution in [-0.4, -0.2) is 22.6 Å². The first kappa shape index (κ1) is 19.3. The van der Waals surface area contributed by atoms with Crippen LogP contribution in [0.2, 0.25) is 5.02 Å². The molecule has 0 aliphatic heterocycles. The molecule has 2 aromatic rings. The lowest BCUT2D eigenvalue weighted by Gasteiger charge is -2.23. The lowest BCUT2D eigenvalue weighted by molar-refractivity contribution is -0.129. The van der Waals surface area contributed by atoms with Gasteiger partial charge < -0.3 is 0 Å². The summed E-state index contributed by atoms with van der Waals surface area (Å²) in [5.41, 5.74) is 3.20. The van der Waals surface area contributed by atoms with Crippen LogP contribution in [0.3, 0.4) is 0 Å². The molecule has 0 aliphatic rings. The molecule has 2 aromatic carbocycles. The molecule has 25 heavy (non-hydrogen) atoms. The summed E-state index contributed by atoms with van der Waals surface area (Å²) >= 11 is 5.76. The van der Waals surface area contributed by atoms with Crippen molar-refractivity contribution in [3.8, 4) is 0 Å². The normalized spacial score (nSPS) is 11.0. The third kappa shape index (κ3) is 5.77. The van der Waals surface area contributed by atoms with Crippen LogP contribution < -0.4 is 5.48 Å². The standard InChI is InChI=1S/C18H19ClF2N2O2/c1-12-2-3-13(16(20)8-12)10-23(7-6-18(24)22-25)11-14-4-5-15(19)9-17(14)21/h2-5,8-9,25H,6-7,10-11H2,1H3,(H,22,24). The van der Waals surface area contributed by atoms with Crippen molar-refractivity contribution >= 4 is 17.5 Å². The zero-order chi connectivity index (χ0) is 18.4. The molecular formula is C18H19ClF2N2O2. The van der Waals surface area contributed by atoms with Gasteiger partial charge in [-0.05, 0) is 30.7 Å². The Balaban J connectivity index is 2.18. The van der Waals surface area contributed by atoms with E-state index >= 15 is 0 Å². The Hall–Kier alpha value is -2.02. The number of hydrogen-bond acceptors (Lipinski definition) is 3. The molecule has 0 atom stereocenters. The van der Waals surface area contributed by atoms with Gasteiger partial charge in [0, 0.05) is 42.2 Å². The maximum Gasteiger partial charge on any atom is 0.244 e. The van der Waals surface area contributed by atoms with E-state index in [0.717, 1.165) is 5.56 Å². The first-order valence-corrected chi connectivity index (χ1v) is 8.11. The molecule has 0 bridgehead atoms. The number of halogens is 3. The maximum atomic E-state index is 14.1. The largest absolute Gasteiger partial charge is 0.294 e. The molecule has 0 aromatic heterocycles. The molecule has 7 heteroatoms. The van der Waals surface area contributed by atoms with Crippen molar-refractivity contribution in [3.63, 3.8) is 0 Å². The smallest absolute Gasteiger partial charge is 0.244 e. The van der Waals surface area contributed by atoms with E-state index in [0.29, 0.717) is 11.1 Å². The van der Waals surface area contributed by atoms with Gasteiger partial charge in [-0.15, -0.1) is 0 Å². The molecule has 134 valence electrons. The summed E-state index contributed by atoms with van der Waals surface area (Å²) in [6.45, 7) is 2.39. The van der Waals surface area contributed by atoms with Crippen molar-refractivity contribution in [2.24, 2.45) is 0 Å². The monoisotopic (exact) mass is 368 g/mol. The number of aryl methyl sites for hydroxylation is 1. The van der Waals surface area contributed by atoms with Crippen LogP contribution in [0.4, 0.5) is 8.78 Å². The second-order valence-electron chi connectivity index (χ2n) is 5.83. The minimum Gasteiger partial charge on any atom is -0.294 e. The second-order valence-corrected chi connectivity index (χ2v) is 6.26. The molecule has 0 fully saturated rings. The zero-order valence-corrected chi connectivity index (χ0v) is 14.5. The molecule has 0 saturated carbocycles. The van der Waals surface area contributed by atoms with E-state index in [1.54, 1.807) is 41.6 Å². The second kappa shape index (κ2) is 8.89. The van der Waals surface area contributed by atoms with E-state index in [1.807, 2.05) is 0 Å². The molecule has 0 spiro atoms. The van der Waals surface area contributed by atoms with Crippen molar-refractivity contribution in [2.75, 3.05) is 6.54 Å². The van der Waals surface area contributed by atoms with Crippen LogP contribution in [0.15, 0.2) is 36.4 Å². The topological polar surface area (TPSA) is 52.6 Å². The van der Waals surface area contributed by atoms with Crippen molar-refractivity contribution in [3.05, 3.63) is 69.7 Å². The van der Waals surface area contributed by atoms with Crippen LogP contribution in [0.5, 0.6) is 0 Å². The van der Waals surface area contributed by atoms with Gasteiger partial charge in [-0.2, -0.15) is 0 Å². The highest BCUT2D eigenvalue weighted by Gasteiger charge is 2.14. The number of amides is 1. The molecule has 4 nitrogen and oxygen atoms in total. The van der Waals surface area contributed by atoms with Crippen LogP contribution in [-0.2, 0) is 17.9 Å². The van der Waals surface area contributed by atoms with Crippen molar-refractivity contribution in [1.82, 2.24) is 10.4 Å². The third-order valence-corrected chi connectivity index (χ3v) is 4.03. The van der Waals surface area contributed by atoms with E-state index in [4.69, 9.17) is 16.8 Å². The predicted octanol–water partition coefficient (Wildman–Crippen LogP) is 3.82. The highest BCUT2D eigenvalue weighted by molar-refractivity contribution is 6.30. The Labute approximate surface area is 150 Å². The average molecular weight is 369 g/mol. The van der Waals surface area contributed by atoms with Gasteiger partial charge in [-0.1, -0.05) is 29.8 Å². The van der Waals surface area contributed by atoms with E-state index in [9.17, 15) is 13.6 Å². The quantitative estimate of drug-likeness (QED) is 0.577. The fourth-order valence-electron chi connectivity index (χ4n) is 2.44. The van der Waals surface area contributed by atoms with E-state index in [1.165, 1.54) is 12.1 Å². The summed E-state index contributed by atoms with van der Waals surface area (Å²) in [6.07, 6.45) is -0.000804. The summed E-state index contributed by atoms with van der Waals surface area (Å²) in [5, 5.41) is 8.91. The Kier molecular flexibility index (Phi) is 6.87. The lowest BCUT2D eigenvalue weighted by atomic mass is 10.1. The van der Waals surface area contributed by atoms with Crippen LogP contribution in [0.1, 0.15) is 23.1 Å². The molecule has 0 saturated heterocycles. The number of hydroxylamine groups is 1. The SMILES string of the molecule is Cc1ccc(CN(CCC(=O)NO)Cc2ccc(Cl)cc2F)c(F)c1. The highest BCUT2D eigenvalue weighted by Crippen LogP contribution is 2.19. The zero-order valence-electron chi connectivity index (χ0n) is 13.7. The van der Waals surface area contributed by atoms with Gasteiger partial charge in [0.1, 0.15) is 11.6 Å². The van der Waals surface area contributed by atoms with Gasteiger partial charge in [0.25, 0.3) is 0 Å². The summed E-state index contributed by atoms with van der Waals surface area (Å²) < 4.78 is 28.2. The van der Waals surface area contributed by atoms with Gasteiger partial charge in [-0.25, -0.2) is 14.3 Å². The Morgan fingerprint density at radius 3 is 2.28 bits per heavy atom. The van der Waals surface area contributed by atoms with Gasteiger partial charge in [0.15, 0.2) is 0 Å². The number of carbonyl (C=O) groups is 1. The molecule has 0 aliphatic carbocycles. The first-order chi connectivity index (χ1) is 11.9. The van der Waals surface area contributed by atoms with Gasteiger partial charge in [-0.3, -0.25) is 14.9 Å². The van der Waals surface area contributed by atoms with E-state index in [2.05, 4.69) is 0 Å². The number of carbonyl (C=O) groups excluding carboxylic acids is 1.